The van der Waals surface area contributed by atoms with E-state index in [-0.39, 0.29) is 0 Å². The van der Waals surface area contributed by atoms with Crippen molar-refractivity contribution in [1.29, 1.82) is 0 Å². The molecule has 0 N–H and O–H groups in total. The number of ketones is 1. The molecule has 1 rings (SSSR count). The van der Waals surface area contributed by atoms with Gasteiger partial charge in [-0.3, -0.25) is 4.79 Å². The first-order valence-electron chi connectivity index (χ1n) is 5.60. The zero-order valence-corrected chi connectivity index (χ0v) is 10.6. The Morgan fingerprint density at radius 3 is 1.50 bits per heavy atom. The zero-order valence-electron chi connectivity index (χ0n) is 10.6. The van der Waals surface area contributed by atoms with Gasteiger partial charge < -0.3 is 0 Å². The van der Waals surface area contributed by atoms with Gasteiger partial charge in [0, 0.05) is 11.5 Å². The van der Waals surface area contributed by atoms with Crippen LogP contribution in [0.3, 0.4) is 0 Å². The second-order valence-electron chi connectivity index (χ2n) is 4.72. The topological polar surface area (TPSA) is 17.1 Å². The number of benzene rings is 1. The normalized spacial score (nSPS) is 11.4. The highest BCUT2D eigenvalue weighted by atomic mass is 19.2. The lowest BCUT2D eigenvalue weighted by molar-refractivity contribution is 0.0928. The maximum Gasteiger partial charge on any atom is 0.173 e. The maximum atomic E-state index is 13.7. The molecule has 5 heteroatoms. The van der Waals surface area contributed by atoms with Gasteiger partial charge in [0.15, 0.2) is 29.1 Å². The number of Topliss-reactive ketones (excluding diaryl/α,β-unsaturated/α-hetero) is 1. The highest BCUT2D eigenvalue weighted by Crippen LogP contribution is 2.30. The summed E-state index contributed by atoms with van der Waals surface area (Å²) in [5.74, 6) is -8.65. The zero-order chi connectivity index (χ0) is 14.2. The Bertz CT molecular complexity index is 463. The second-order valence-corrected chi connectivity index (χ2v) is 4.72. The molecule has 0 heterocycles. The van der Waals surface area contributed by atoms with Crippen LogP contribution in [0.4, 0.5) is 17.6 Å². The van der Waals surface area contributed by atoms with E-state index < -0.39 is 52.0 Å². The lowest BCUT2D eigenvalue weighted by atomic mass is 9.94. The van der Waals surface area contributed by atoms with Crippen molar-refractivity contribution in [2.24, 2.45) is 5.92 Å². The maximum absolute atomic E-state index is 13.7. The molecule has 1 aromatic rings. The SMILES string of the molecule is CC(C)C(=O)c1c(F)c(F)c(C(C)C)c(F)c1F. The molecule has 0 atom stereocenters. The van der Waals surface area contributed by atoms with Crippen molar-refractivity contribution < 1.29 is 22.4 Å². The van der Waals surface area contributed by atoms with Crippen LogP contribution in [0.1, 0.15) is 49.5 Å². The lowest BCUT2D eigenvalue weighted by Crippen LogP contribution is -2.17. The average Bonchev–Trinajstić information content (AvgIpc) is 2.26. The predicted molar refractivity (Wildman–Crippen MR) is 59.5 cm³/mol. The average molecular weight is 262 g/mol. The van der Waals surface area contributed by atoms with Gasteiger partial charge in [-0.25, -0.2) is 17.6 Å². The Morgan fingerprint density at radius 2 is 1.22 bits per heavy atom. The van der Waals surface area contributed by atoms with Crippen LogP contribution in [0, 0.1) is 29.2 Å². The Morgan fingerprint density at radius 1 is 0.833 bits per heavy atom. The molecule has 0 unspecified atom stereocenters. The molecule has 0 saturated carbocycles. The minimum atomic E-state index is -1.61. The fraction of sp³-hybridized carbons (Fsp3) is 0.462. The van der Waals surface area contributed by atoms with Gasteiger partial charge in [0.05, 0.1) is 5.56 Å². The molecule has 0 spiro atoms. The minimum absolute atomic E-state index is 0.676. The number of halogens is 4. The Balaban J connectivity index is 3.64. The molecule has 0 bridgehead atoms. The summed E-state index contributed by atoms with van der Waals surface area (Å²) in [5.41, 5.74) is -1.81. The summed E-state index contributed by atoms with van der Waals surface area (Å²) in [4.78, 5) is 11.6. The molecule has 0 aromatic heterocycles. The van der Waals surface area contributed by atoms with Crippen molar-refractivity contribution in [3.8, 4) is 0 Å². The van der Waals surface area contributed by atoms with Crippen molar-refractivity contribution in [2.45, 2.75) is 33.6 Å². The van der Waals surface area contributed by atoms with E-state index in [4.69, 9.17) is 0 Å². The van der Waals surface area contributed by atoms with Gasteiger partial charge in [0.1, 0.15) is 0 Å². The molecule has 0 amide bonds. The van der Waals surface area contributed by atoms with E-state index in [2.05, 4.69) is 0 Å². The fourth-order valence-electron chi connectivity index (χ4n) is 1.66. The van der Waals surface area contributed by atoms with Crippen LogP contribution in [0.5, 0.6) is 0 Å². The first-order valence-corrected chi connectivity index (χ1v) is 5.60. The van der Waals surface area contributed by atoms with Gasteiger partial charge in [0.25, 0.3) is 0 Å². The van der Waals surface area contributed by atoms with Crippen LogP contribution >= 0.6 is 0 Å². The van der Waals surface area contributed by atoms with Gasteiger partial charge in [0.2, 0.25) is 0 Å². The number of hydrogen-bond donors (Lipinski definition) is 0. The van der Waals surface area contributed by atoms with Gasteiger partial charge in [-0.15, -0.1) is 0 Å². The monoisotopic (exact) mass is 262 g/mol. The molecule has 0 radical (unpaired) electrons. The Labute approximate surface area is 103 Å². The highest BCUT2D eigenvalue weighted by molar-refractivity contribution is 5.98. The predicted octanol–water partition coefficient (Wildman–Crippen LogP) is 4.21. The van der Waals surface area contributed by atoms with Gasteiger partial charge in [-0.1, -0.05) is 27.7 Å². The van der Waals surface area contributed by atoms with Gasteiger partial charge in [-0.2, -0.15) is 0 Å². The molecule has 0 aliphatic carbocycles. The number of hydrogen-bond acceptors (Lipinski definition) is 1. The third-order valence-electron chi connectivity index (χ3n) is 2.65. The van der Waals surface area contributed by atoms with Crippen molar-refractivity contribution >= 4 is 5.78 Å². The second kappa shape index (κ2) is 5.08. The number of rotatable bonds is 3. The summed E-state index contributed by atoms with van der Waals surface area (Å²) in [5, 5.41) is 0. The van der Waals surface area contributed by atoms with E-state index in [1.807, 2.05) is 0 Å². The quantitative estimate of drug-likeness (QED) is 0.453. The largest absolute Gasteiger partial charge is 0.294 e. The Hall–Kier alpha value is -1.39. The summed E-state index contributed by atoms with van der Waals surface area (Å²) < 4.78 is 54.6. The summed E-state index contributed by atoms with van der Waals surface area (Å²) in [6.45, 7) is 5.61. The first kappa shape index (κ1) is 14.7. The van der Waals surface area contributed by atoms with Crippen molar-refractivity contribution in [3.63, 3.8) is 0 Å². The molecular weight excluding hydrogens is 248 g/mol. The molecule has 0 saturated heterocycles. The number of carbonyl (C=O) groups excluding carboxylic acids is 1. The molecule has 0 aliphatic rings. The molecule has 100 valence electrons. The molecular formula is C13H14F4O. The third-order valence-corrected chi connectivity index (χ3v) is 2.65. The third kappa shape index (κ3) is 2.26. The Kier molecular flexibility index (Phi) is 4.14. The van der Waals surface area contributed by atoms with Crippen LogP contribution in [0.2, 0.25) is 0 Å². The molecule has 1 aromatic carbocycles. The van der Waals surface area contributed by atoms with E-state index in [9.17, 15) is 22.4 Å². The summed E-state index contributed by atoms with van der Waals surface area (Å²) in [7, 11) is 0. The summed E-state index contributed by atoms with van der Waals surface area (Å²) in [6.07, 6.45) is 0. The minimum Gasteiger partial charge on any atom is -0.294 e. The molecule has 18 heavy (non-hydrogen) atoms. The molecule has 0 fully saturated rings. The molecule has 0 aliphatic heterocycles. The fourth-order valence-corrected chi connectivity index (χ4v) is 1.66. The smallest absolute Gasteiger partial charge is 0.173 e. The number of carbonyl (C=O) groups is 1. The van der Waals surface area contributed by atoms with Crippen molar-refractivity contribution in [3.05, 3.63) is 34.4 Å². The van der Waals surface area contributed by atoms with E-state index in [0.29, 0.717) is 0 Å². The van der Waals surface area contributed by atoms with Crippen LogP contribution in [0.25, 0.3) is 0 Å². The van der Waals surface area contributed by atoms with Crippen LogP contribution < -0.4 is 0 Å². The van der Waals surface area contributed by atoms with Crippen LogP contribution in [0.15, 0.2) is 0 Å². The van der Waals surface area contributed by atoms with E-state index in [0.717, 1.165) is 0 Å². The van der Waals surface area contributed by atoms with Crippen LogP contribution in [-0.2, 0) is 0 Å². The molecule has 1 nitrogen and oxygen atoms in total. The van der Waals surface area contributed by atoms with Crippen molar-refractivity contribution in [2.75, 3.05) is 0 Å². The standard InChI is InChI=1S/C13H14F4O/c1-5(2)7-9(14)11(16)8(12(17)10(7)15)13(18)6(3)4/h5-6H,1-4H3. The van der Waals surface area contributed by atoms with E-state index in [1.165, 1.54) is 27.7 Å². The van der Waals surface area contributed by atoms with E-state index >= 15 is 0 Å². The van der Waals surface area contributed by atoms with Gasteiger partial charge >= 0.3 is 0 Å². The lowest BCUT2D eigenvalue weighted by Gasteiger charge is -2.14. The summed E-state index contributed by atoms with van der Waals surface area (Å²) in [6, 6.07) is 0. The van der Waals surface area contributed by atoms with Crippen LogP contribution in [-0.4, -0.2) is 5.78 Å². The van der Waals surface area contributed by atoms with Crippen molar-refractivity contribution in [1.82, 2.24) is 0 Å². The van der Waals surface area contributed by atoms with E-state index in [1.54, 1.807) is 0 Å². The van der Waals surface area contributed by atoms with Gasteiger partial charge in [-0.05, 0) is 5.92 Å². The first-order chi connectivity index (χ1) is 8.20. The highest BCUT2D eigenvalue weighted by Gasteiger charge is 2.30. The summed E-state index contributed by atoms with van der Waals surface area (Å²) >= 11 is 0.